The van der Waals surface area contributed by atoms with E-state index in [4.69, 9.17) is 0 Å². The van der Waals surface area contributed by atoms with Crippen LogP contribution in [0.1, 0.15) is 23.9 Å². The van der Waals surface area contributed by atoms with E-state index in [1.807, 2.05) is 23.6 Å². The zero-order chi connectivity index (χ0) is 12.7. The summed E-state index contributed by atoms with van der Waals surface area (Å²) in [5.41, 5.74) is 3.41. The van der Waals surface area contributed by atoms with Crippen molar-refractivity contribution >= 4 is 22.6 Å². The summed E-state index contributed by atoms with van der Waals surface area (Å²) in [5, 5.41) is 8.72. The number of rotatable bonds is 1. The zero-order valence-corrected chi connectivity index (χ0v) is 11.1. The van der Waals surface area contributed by atoms with Gasteiger partial charge in [0.05, 0.1) is 10.8 Å². The van der Waals surface area contributed by atoms with E-state index in [0.29, 0.717) is 11.6 Å². The largest absolute Gasteiger partial charge is 0.276 e. The number of hydrogen-bond donors (Lipinski definition) is 0. The van der Waals surface area contributed by atoms with Gasteiger partial charge in [0.1, 0.15) is 5.82 Å². The molecule has 18 heavy (non-hydrogen) atoms. The molecular formula is C13H13N3OS. The molecule has 0 N–H and O–H groups in total. The van der Waals surface area contributed by atoms with Gasteiger partial charge in [-0.3, -0.25) is 8.78 Å². The highest BCUT2D eigenvalue weighted by Gasteiger charge is 2.19. The minimum Gasteiger partial charge on any atom is -0.276 e. The van der Waals surface area contributed by atoms with E-state index in [9.17, 15) is 4.21 Å². The maximum atomic E-state index is 11.7. The van der Waals surface area contributed by atoms with Crippen LogP contribution in [0.25, 0.3) is 11.8 Å². The topological polar surface area (TPSA) is 47.8 Å². The SMILES string of the molecule is CC1=Cc2ccccc2Cc2nnc(S(C)=O)n21. The van der Waals surface area contributed by atoms with Crippen molar-refractivity contribution in [3.05, 3.63) is 41.2 Å². The quantitative estimate of drug-likeness (QED) is 0.786. The van der Waals surface area contributed by atoms with Gasteiger partial charge in [-0.15, -0.1) is 10.2 Å². The van der Waals surface area contributed by atoms with E-state index in [1.54, 1.807) is 6.26 Å². The number of aromatic nitrogens is 3. The van der Waals surface area contributed by atoms with Gasteiger partial charge in [0.2, 0.25) is 5.16 Å². The van der Waals surface area contributed by atoms with Crippen LogP contribution in [0.2, 0.25) is 0 Å². The summed E-state index contributed by atoms with van der Waals surface area (Å²) in [7, 11) is -1.13. The lowest BCUT2D eigenvalue weighted by Crippen LogP contribution is -2.05. The zero-order valence-electron chi connectivity index (χ0n) is 10.3. The fraction of sp³-hybridized carbons (Fsp3) is 0.231. The van der Waals surface area contributed by atoms with Crippen LogP contribution in [0.3, 0.4) is 0 Å². The Morgan fingerprint density at radius 1 is 1.28 bits per heavy atom. The molecule has 2 heterocycles. The van der Waals surface area contributed by atoms with Crippen molar-refractivity contribution in [3.63, 3.8) is 0 Å². The molecule has 2 aromatic rings. The standard InChI is InChI=1S/C13H13N3OS/c1-9-7-10-5-3-4-6-11(10)8-12-14-15-13(16(9)12)18(2)17/h3-7H,8H2,1-2H3. The van der Waals surface area contributed by atoms with Gasteiger partial charge in [-0.2, -0.15) is 0 Å². The van der Waals surface area contributed by atoms with Gasteiger partial charge in [-0.1, -0.05) is 24.3 Å². The van der Waals surface area contributed by atoms with Crippen molar-refractivity contribution in [2.24, 2.45) is 0 Å². The minimum absolute atomic E-state index is 0.520. The first-order chi connectivity index (χ1) is 8.66. The minimum atomic E-state index is -1.13. The van der Waals surface area contributed by atoms with Crippen molar-refractivity contribution in [3.8, 4) is 0 Å². The predicted octanol–water partition coefficient (Wildman–Crippen LogP) is 1.94. The van der Waals surface area contributed by atoms with E-state index < -0.39 is 10.8 Å². The molecule has 1 unspecified atom stereocenters. The summed E-state index contributed by atoms with van der Waals surface area (Å²) in [5.74, 6) is 0.846. The van der Waals surface area contributed by atoms with E-state index in [1.165, 1.54) is 11.1 Å². The Balaban J connectivity index is 2.24. The first-order valence-electron chi connectivity index (χ1n) is 5.71. The first-order valence-corrected chi connectivity index (χ1v) is 7.27. The van der Waals surface area contributed by atoms with E-state index >= 15 is 0 Å². The van der Waals surface area contributed by atoms with Crippen molar-refractivity contribution in [1.82, 2.24) is 14.8 Å². The molecular weight excluding hydrogens is 246 g/mol. The number of nitrogens with zero attached hydrogens (tertiary/aromatic N) is 3. The molecule has 0 spiro atoms. The fourth-order valence-electron chi connectivity index (χ4n) is 2.25. The monoisotopic (exact) mass is 259 g/mol. The molecule has 5 heteroatoms. The molecule has 1 aromatic carbocycles. The smallest absolute Gasteiger partial charge is 0.225 e. The Bertz CT molecular complexity index is 673. The molecule has 92 valence electrons. The second-order valence-corrected chi connectivity index (χ2v) is 5.62. The number of fused-ring (bicyclic) bond motifs is 2. The van der Waals surface area contributed by atoms with Gasteiger partial charge >= 0.3 is 0 Å². The maximum absolute atomic E-state index is 11.7. The van der Waals surface area contributed by atoms with Crippen LogP contribution >= 0.6 is 0 Å². The molecule has 1 aliphatic rings. The average molecular weight is 259 g/mol. The Morgan fingerprint density at radius 3 is 2.83 bits per heavy atom. The molecule has 1 atom stereocenters. The molecule has 4 nitrogen and oxygen atoms in total. The van der Waals surface area contributed by atoms with Crippen molar-refractivity contribution in [1.29, 1.82) is 0 Å². The summed E-state index contributed by atoms with van der Waals surface area (Å²) in [6.45, 7) is 1.99. The first kappa shape index (κ1) is 11.3. The number of benzene rings is 1. The van der Waals surface area contributed by atoms with Gasteiger partial charge in [-0.25, -0.2) is 0 Å². The van der Waals surface area contributed by atoms with Gasteiger partial charge < -0.3 is 0 Å². The normalized spacial score (nSPS) is 15.3. The third kappa shape index (κ3) is 1.71. The van der Waals surface area contributed by atoms with Gasteiger partial charge in [0.15, 0.2) is 0 Å². The van der Waals surface area contributed by atoms with Crippen LogP contribution in [-0.4, -0.2) is 25.2 Å². The predicted molar refractivity (Wildman–Crippen MR) is 71.4 cm³/mol. The second-order valence-electron chi connectivity index (χ2n) is 4.35. The fourth-order valence-corrected chi connectivity index (χ4v) is 2.91. The lowest BCUT2D eigenvalue weighted by atomic mass is 10.0. The van der Waals surface area contributed by atoms with Crippen LogP contribution in [-0.2, 0) is 17.2 Å². The molecule has 3 rings (SSSR count). The molecule has 1 aliphatic heterocycles. The Labute approximate surface area is 108 Å². The lowest BCUT2D eigenvalue weighted by molar-refractivity contribution is 0.676. The lowest BCUT2D eigenvalue weighted by Gasteiger charge is -2.05. The highest BCUT2D eigenvalue weighted by atomic mass is 32.2. The van der Waals surface area contributed by atoms with Gasteiger partial charge in [0.25, 0.3) is 0 Å². The second kappa shape index (κ2) is 4.17. The Kier molecular flexibility index (Phi) is 2.63. The third-order valence-corrected chi connectivity index (χ3v) is 3.86. The number of hydrogen-bond acceptors (Lipinski definition) is 3. The average Bonchev–Trinajstić information content (AvgIpc) is 2.70. The summed E-state index contributed by atoms with van der Waals surface area (Å²) >= 11 is 0. The Morgan fingerprint density at radius 2 is 2.06 bits per heavy atom. The summed E-state index contributed by atoms with van der Waals surface area (Å²) < 4.78 is 13.6. The molecule has 0 fully saturated rings. The highest BCUT2D eigenvalue weighted by Crippen LogP contribution is 2.25. The van der Waals surface area contributed by atoms with E-state index in [2.05, 4.69) is 28.4 Å². The van der Waals surface area contributed by atoms with Crippen LogP contribution in [0.5, 0.6) is 0 Å². The third-order valence-electron chi connectivity index (χ3n) is 3.08. The molecule has 0 saturated heterocycles. The molecule has 0 bridgehead atoms. The van der Waals surface area contributed by atoms with Crippen LogP contribution < -0.4 is 0 Å². The van der Waals surface area contributed by atoms with Crippen LogP contribution in [0.15, 0.2) is 29.4 Å². The van der Waals surface area contributed by atoms with Gasteiger partial charge in [0, 0.05) is 18.4 Å². The van der Waals surface area contributed by atoms with Crippen molar-refractivity contribution < 1.29 is 4.21 Å². The molecule has 1 aromatic heterocycles. The van der Waals surface area contributed by atoms with Crippen LogP contribution in [0.4, 0.5) is 0 Å². The maximum Gasteiger partial charge on any atom is 0.225 e. The molecule has 0 amide bonds. The van der Waals surface area contributed by atoms with Crippen molar-refractivity contribution in [2.75, 3.05) is 6.26 Å². The van der Waals surface area contributed by atoms with Crippen molar-refractivity contribution in [2.45, 2.75) is 18.5 Å². The van der Waals surface area contributed by atoms with Crippen LogP contribution in [0, 0.1) is 0 Å². The number of allylic oxidation sites excluding steroid dienone is 1. The van der Waals surface area contributed by atoms with E-state index in [-0.39, 0.29) is 0 Å². The highest BCUT2D eigenvalue weighted by molar-refractivity contribution is 7.84. The summed E-state index contributed by atoms with van der Waals surface area (Å²) in [6.07, 6.45) is 4.43. The molecule has 0 aliphatic carbocycles. The molecule has 0 saturated carbocycles. The van der Waals surface area contributed by atoms with E-state index in [0.717, 1.165) is 11.5 Å². The molecule has 0 radical (unpaired) electrons. The Hall–Kier alpha value is -1.75. The van der Waals surface area contributed by atoms with Gasteiger partial charge in [-0.05, 0) is 24.1 Å². The summed E-state index contributed by atoms with van der Waals surface area (Å²) in [4.78, 5) is 0. The summed E-state index contributed by atoms with van der Waals surface area (Å²) in [6, 6.07) is 8.22.